The molecule has 0 saturated carbocycles. The van der Waals surface area contributed by atoms with Crippen LogP contribution in [0.5, 0.6) is 0 Å². The molecule has 2 aliphatic heterocycles. The molecule has 4 rings (SSSR count). The van der Waals surface area contributed by atoms with Gasteiger partial charge in [0.2, 0.25) is 5.91 Å². The Bertz CT molecular complexity index is 1180. The predicted molar refractivity (Wildman–Crippen MR) is 125 cm³/mol. The number of carbonyl (C=O) groups excluding carboxylic acids is 3. The first kappa shape index (κ1) is 22.8. The summed E-state index contributed by atoms with van der Waals surface area (Å²) in [5.74, 6) is -0.683. The zero-order valence-electron chi connectivity index (χ0n) is 18.4. The molecule has 3 heterocycles. The molecule has 0 atom stereocenters. The van der Waals surface area contributed by atoms with Gasteiger partial charge in [0.15, 0.2) is 0 Å². The van der Waals surface area contributed by atoms with Crippen LogP contribution in [-0.2, 0) is 9.59 Å². The van der Waals surface area contributed by atoms with Crippen LogP contribution in [0.15, 0.2) is 35.2 Å². The Morgan fingerprint density at radius 1 is 1.15 bits per heavy atom. The number of rotatable bonds is 5. The fourth-order valence-electron chi connectivity index (χ4n) is 4.23. The monoisotopic (exact) mass is 468 g/mol. The van der Waals surface area contributed by atoms with Crippen LogP contribution in [0.4, 0.5) is 10.5 Å². The maximum Gasteiger partial charge on any atom is 0.294 e. The first-order valence-corrected chi connectivity index (χ1v) is 11.5. The third kappa shape index (κ3) is 4.56. The molecule has 2 fully saturated rings. The number of amides is 3. The Balaban J connectivity index is 1.57. The molecule has 2 saturated heterocycles. The molecule has 0 aliphatic carbocycles. The van der Waals surface area contributed by atoms with E-state index in [4.69, 9.17) is 0 Å². The van der Waals surface area contributed by atoms with E-state index in [1.54, 1.807) is 23.1 Å². The second-order valence-corrected chi connectivity index (χ2v) is 9.14. The minimum absolute atomic E-state index is 0.0129. The number of nitrogens with zero attached hydrogens (tertiary/aromatic N) is 4. The lowest BCUT2D eigenvalue weighted by atomic mass is 10.1. The van der Waals surface area contributed by atoms with Gasteiger partial charge in [0, 0.05) is 36.6 Å². The number of aromatic nitrogens is 1. The highest BCUT2D eigenvalue weighted by molar-refractivity contribution is 8.18. The topological polar surface area (TPSA) is 106 Å². The average Bonchev–Trinajstić information content (AvgIpc) is 3.23. The standard InChI is InChI=1S/C23H24N4O5S/c1-15-11-17(16(2)26(15)18-7-6-8-19(13-18)27(31)32)12-20-22(29)25(23(30)33-20)14-21(28)24-9-4-3-5-10-24/h6-8,11-13H,3-5,9-10,14H2,1-2H3/b20-12-. The van der Waals surface area contributed by atoms with E-state index in [0.29, 0.717) is 18.8 Å². The molecule has 0 N–H and O–H groups in total. The molecule has 0 spiro atoms. The predicted octanol–water partition coefficient (Wildman–Crippen LogP) is 4.05. The number of likely N-dealkylation sites (tertiary alicyclic amines) is 1. The lowest BCUT2D eigenvalue weighted by Gasteiger charge is -2.27. The van der Waals surface area contributed by atoms with Gasteiger partial charge in [-0.15, -0.1) is 0 Å². The van der Waals surface area contributed by atoms with Gasteiger partial charge in [-0.2, -0.15) is 0 Å². The van der Waals surface area contributed by atoms with Crippen molar-refractivity contribution in [3.05, 3.63) is 62.3 Å². The van der Waals surface area contributed by atoms with Gasteiger partial charge < -0.3 is 9.47 Å². The summed E-state index contributed by atoms with van der Waals surface area (Å²) in [5, 5.41) is 10.7. The number of hydrogen-bond donors (Lipinski definition) is 0. The van der Waals surface area contributed by atoms with E-state index in [1.807, 2.05) is 24.5 Å². The number of nitro benzene ring substituents is 1. The van der Waals surface area contributed by atoms with E-state index in [0.717, 1.165) is 52.9 Å². The summed E-state index contributed by atoms with van der Waals surface area (Å²) in [6.07, 6.45) is 4.61. The van der Waals surface area contributed by atoms with Gasteiger partial charge in [0.1, 0.15) is 6.54 Å². The Hall–Kier alpha value is -3.40. The summed E-state index contributed by atoms with van der Waals surface area (Å²) in [6, 6.07) is 8.18. The van der Waals surface area contributed by atoms with Crippen LogP contribution in [0.25, 0.3) is 11.8 Å². The normalized spacial score (nSPS) is 17.8. The Labute approximate surface area is 195 Å². The van der Waals surface area contributed by atoms with Crippen LogP contribution < -0.4 is 0 Å². The highest BCUT2D eigenvalue weighted by atomic mass is 32.2. The minimum Gasteiger partial charge on any atom is -0.341 e. The molecule has 172 valence electrons. The Morgan fingerprint density at radius 2 is 1.88 bits per heavy atom. The maximum absolute atomic E-state index is 12.9. The fraction of sp³-hybridized carbons (Fsp3) is 0.348. The summed E-state index contributed by atoms with van der Waals surface area (Å²) < 4.78 is 1.86. The molecular formula is C23H24N4O5S. The van der Waals surface area contributed by atoms with Crippen LogP contribution in [0.2, 0.25) is 0 Å². The zero-order valence-corrected chi connectivity index (χ0v) is 19.3. The van der Waals surface area contributed by atoms with Crippen molar-refractivity contribution in [2.45, 2.75) is 33.1 Å². The second kappa shape index (κ2) is 9.22. The number of benzene rings is 1. The fourth-order valence-corrected chi connectivity index (χ4v) is 5.06. The quantitative estimate of drug-likeness (QED) is 0.372. The number of carbonyl (C=O) groups is 3. The molecule has 0 radical (unpaired) electrons. The number of aryl methyl sites for hydroxylation is 1. The SMILES string of the molecule is Cc1cc(/C=C2\SC(=O)N(CC(=O)N3CCCCC3)C2=O)c(C)n1-c1cccc([N+](=O)[O-])c1. The first-order chi connectivity index (χ1) is 15.8. The molecule has 0 bridgehead atoms. The maximum atomic E-state index is 12.9. The Kier molecular flexibility index (Phi) is 6.37. The number of thioether (sulfide) groups is 1. The molecule has 10 heteroatoms. The molecule has 2 aromatic rings. The number of hydrogen-bond acceptors (Lipinski definition) is 6. The van der Waals surface area contributed by atoms with Crippen molar-refractivity contribution in [1.29, 1.82) is 0 Å². The van der Waals surface area contributed by atoms with Crippen molar-refractivity contribution in [2.75, 3.05) is 19.6 Å². The van der Waals surface area contributed by atoms with Crippen molar-refractivity contribution in [2.24, 2.45) is 0 Å². The van der Waals surface area contributed by atoms with Crippen molar-refractivity contribution in [1.82, 2.24) is 14.4 Å². The van der Waals surface area contributed by atoms with Crippen molar-refractivity contribution in [3.63, 3.8) is 0 Å². The number of nitro groups is 1. The van der Waals surface area contributed by atoms with E-state index >= 15 is 0 Å². The summed E-state index contributed by atoms with van der Waals surface area (Å²) in [5.41, 5.74) is 2.97. The molecule has 2 aliphatic rings. The third-order valence-corrected chi connectivity index (χ3v) is 6.84. The van der Waals surface area contributed by atoms with Crippen molar-refractivity contribution >= 4 is 40.6 Å². The molecule has 1 aromatic carbocycles. The summed E-state index contributed by atoms with van der Waals surface area (Å²) in [7, 11) is 0. The summed E-state index contributed by atoms with van der Waals surface area (Å²) >= 11 is 0.820. The van der Waals surface area contributed by atoms with Crippen LogP contribution in [0.3, 0.4) is 0 Å². The lowest BCUT2D eigenvalue weighted by molar-refractivity contribution is -0.384. The van der Waals surface area contributed by atoms with Crippen LogP contribution in [0.1, 0.15) is 36.2 Å². The number of non-ortho nitro benzene ring substituents is 1. The Morgan fingerprint density at radius 3 is 2.58 bits per heavy atom. The average molecular weight is 469 g/mol. The summed E-state index contributed by atoms with van der Waals surface area (Å²) in [6.45, 7) is 4.80. The zero-order chi connectivity index (χ0) is 23.7. The largest absolute Gasteiger partial charge is 0.341 e. The molecule has 33 heavy (non-hydrogen) atoms. The van der Waals surface area contributed by atoms with Crippen LogP contribution in [-0.4, -0.2) is 56.0 Å². The van der Waals surface area contributed by atoms with Gasteiger partial charge in [-0.3, -0.25) is 29.4 Å². The van der Waals surface area contributed by atoms with E-state index < -0.39 is 16.1 Å². The van der Waals surface area contributed by atoms with E-state index in [9.17, 15) is 24.5 Å². The van der Waals surface area contributed by atoms with E-state index in [1.165, 1.54) is 12.1 Å². The highest BCUT2D eigenvalue weighted by Crippen LogP contribution is 2.34. The van der Waals surface area contributed by atoms with Crippen molar-refractivity contribution in [3.8, 4) is 5.69 Å². The number of piperidine rings is 1. The number of imide groups is 1. The van der Waals surface area contributed by atoms with E-state index in [2.05, 4.69) is 0 Å². The van der Waals surface area contributed by atoms with E-state index in [-0.39, 0.29) is 23.0 Å². The molecule has 9 nitrogen and oxygen atoms in total. The van der Waals surface area contributed by atoms with Crippen LogP contribution in [0, 0.1) is 24.0 Å². The van der Waals surface area contributed by atoms with Gasteiger partial charge in [-0.05, 0) is 68.6 Å². The molecular weight excluding hydrogens is 444 g/mol. The van der Waals surface area contributed by atoms with Gasteiger partial charge >= 0.3 is 0 Å². The minimum atomic E-state index is -0.476. The first-order valence-electron chi connectivity index (χ1n) is 10.7. The van der Waals surface area contributed by atoms with Gasteiger partial charge in [-0.1, -0.05) is 6.07 Å². The van der Waals surface area contributed by atoms with Crippen molar-refractivity contribution < 1.29 is 19.3 Å². The lowest BCUT2D eigenvalue weighted by Crippen LogP contribution is -2.44. The summed E-state index contributed by atoms with van der Waals surface area (Å²) in [4.78, 5) is 51.6. The third-order valence-electron chi connectivity index (χ3n) is 5.93. The smallest absolute Gasteiger partial charge is 0.294 e. The molecule has 1 aromatic heterocycles. The molecule has 0 unspecified atom stereocenters. The highest BCUT2D eigenvalue weighted by Gasteiger charge is 2.37. The van der Waals surface area contributed by atoms with Gasteiger partial charge in [0.05, 0.1) is 15.5 Å². The molecule has 3 amide bonds. The van der Waals surface area contributed by atoms with Gasteiger partial charge in [-0.25, -0.2) is 0 Å². The second-order valence-electron chi connectivity index (χ2n) is 8.15. The van der Waals surface area contributed by atoms with Gasteiger partial charge in [0.25, 0.3) is 16.8 Å². The van der Waals surface area contributed by atoms with Crippen LogP contribution >= 0.6 is 11.8 Å².